The quantitative estimate of drug-likeness (QED) is 0.677. The summed E-state index contributed by atoms with van der Waals surface area (Å²) >= 11 is 0. The first kappa shape index (κ1) is 11.5. The predicted octanol–water partition coefficient (Wildman–Crippen LogP) is 2.84. The number of rotatable bonds is 2. The summed E-state index contributed by atoms with van der Waals surface area (Å²) in [6, 6.07) is 6.07. The number of hydrogen-bond acceptors (Lipinski definition) is 1. The van der Waals surface area contributed by atoms with Crippen LogP contribution in [0.25, 0.3) is 0 Å². The van der Waals surface area contributed by atoms with Gasteiger partial charge in [0.05, 0.1) is 0 Å². The van der Waals surface area contributed by atoms with Crippen molar-refractivity contribution in [2.75, 3.05) is 11.9 Å². The zero-order valence-electron chi connectivity index (χ0n) is 9.74. The minimum Gasteiger partial charge on any atom is -0.312 e. The number of carbonyl (C=O) groups is 1. The van der Waals surface area contributed by atoms with Gasteiger partial charge in [-0.25, -0.2) is 0 Å². The van der Waals surface area contributed by atoms with Gasteiger partial charge < -0.3 is 4.90 Å². The highest BCUT2D eigenvalue weighted by molar-refractivity contribution is 6.01. The third-order valence-electron chi connectivity index (χ3n) is 2.35. The van der Waals surface area contributed by atoms with E-state index in [2.05, 4.69) is 6.07 Å². The Labute approximate surface area is 91.2 Å². The van der Waals surface area contributed by atoms with Crippen LogP contribution in [0.2, 0.25) is 0 Å². The highest BCUT2D eigenvalue weighted by Gasteiger charge is 2.09. The maximum atomic E-state index is 11.6. The first-order valence-corrected chi connectivity index (χ1v) is 5.04. The fourth-order valence-corrected chi connectivity index (χ4v) is 1.55. The molecule has 80 valence electrons. The first-order valence-electron chi connectivity index (χ1n) is 5.04. The normalized spacial score (nSPS) is 10.7. The van der Waals surface area contributed by atoms with Gasteiger partial charge in [0.15, 0.2) is 0 Å². The maximum Gasteiger partial charge on any atom is 0.250 e. The van der Waals surface area contributed by atoms with Crippen LogP contribution < -0.4 is 4.90 Å². The van der Waals surface area contributed by atoms with Gasteiger partial charge in [0.25, 0.3) is 0 Å². The molecule has 15 heavy (non-hydrogen) atoms. The number of anilines is 1. The smallest absolute Gasteiger partial charge is 0.250 e. The van der Waals surface area contributed by atoms with Crippen molar-refractivity contribution < 1.29 is 4.79 Å². The number of hydrogen-bond donors (Lipinski definition) is 0. The highest BCUT2D eigenvalue weighted by Crippen LogP contribution is 2.20. The zero-order valence-corrected chi connectivity index (χ0v) is 9.74. The van der Waals surface area contributed by atoms with Gasteiger partial charge in [-0.15, -0.1) is 0 Å². The summed E-state index contributed by atoms with van der Waals surface area (Å²) in [7, 11) is 1.79. The van der Waals surface area contributed by atoms with Gasteiger partial charge in [0, 0.05) is 12.7 Å². The molecule has 0 aromatic heterocycles. The molecule has 1 amide bonds. The van der Waals surface area contributed by atoms with Crippen molar-refractivity contribution in [3.63, 3.8) is 0 Å². The van der Waals surface area contributed by atoms with Crippen molar-refractivity contribution in [2.24, 2.45) is 0 Å². The van der Waals surface area contributed by atoms with E-state index in [9.17, 15) is 4.79 Å². The van der Waals surface area contributed by atoms with Crippen LogP contribution in [-0.4, -0.2) is 13.0 Å². The molecule has 0 saturated carbocycles. The molecule has 2 heteroatoms. The summed E-state index contributed by atoms with van der Waals surface area (Å²) in [6.07, 6.45) is 3.32. The second-order valence-electron chi connectivity index (χ2n) is 3.69. The van der Waals surface area contributed by atoms with E-state index >= 15 is 0 Å². The molecule has 0 unspecified atom stereocenters. The predicted molar refractivity (Wildman–Crippen MR) is 64.1 cm³/mol. The van der Waals surface area contributed by atoms with Gasteiger partial charge in [0.1, 0.15) is 0 Å². The van der Waals surface area contributed by atoms with E-state index in [1.54, 1.807) is 24.1 Å². The van der Waals surface area contributed by atoms with Crippen LogP contribution in [0.4, 0.5) is 5.69 Å². The van der Waals surface area contributed by atoms with Crippen molar-refractivity contribution >= 4 is 11.6 Å². The summed E-state index contributed by atoms with van der Waals surface area (Å²) in [5.74, 6) is 0.00412. The molecule has 0 spiro atoms. The van der Waals surface area contributed by atoms with E-state index < -0.39 is 0 Å². The van der Waals surface area contributed by atoms with Crippen LogP contribution in [0.15, 0.2) is 30.4 Å². The molecule has 1 aromatic rings. The summed E-state index contributed by atoms with van der Waals surface area (Å²) < 4.78 is 0. The van der Waals surface area contributed by atoms with E-state index in [0.29, 0.717) is 0 Å². The van der Waals surface area contributed by atoms with Crippen molar-refractivity contribution in [1.29, 1.82) is 0 Å². The molecule has 0 aliphatic rings. The number of amides is 1. The van der Waals surface area contributed by atoms with E-state index in [1.165, 1.54) is 5.56 Å². The van der Waals surface area contributed by atoms with Crippen LogP contribution in [0.3, 0.4) is 0 Å². The van der Waals surface area contributed by atoms with Gasteiger partial charge in [-0.3, -0.25) is 4.79 Å². The topological polar surface area (TPSA) is 20.3 Å². The Morgan fingerprint density at radius 2 is 2.00 bits per heavy atom. The summed E-state index contributed by atoms with van der Waals surface area (Å²) in [6.45, 7) is 5.90. The molecule has 2 nitrogen and oxygen atoms in total. The van der Waals surface area contributed by atoms with Crippen molar-refractivity contribution in [2.45, 2.75) is 20.8 Å². The fraction of sp³-hybridized carbons (Fsp3) is 0.308. The second kappa shape index (κ2) is 4.78. The van der Waals surface area contributed by atoms with Crippen LogP contribution in [0, 0.1) is 13.8 Å². The van der Waals surface area contributed by atoms with Gasteiger partial charge in [-0.05, 0) is 38.5 Å². The maximum absolute atomic E-state index is 11.6. The minimum absolute atomic E-state index is 0.00412. The molecule has 0 bridgehead atoms. The zero-order chi connectivity index (χ0) is 11.4. The molecule has 1 rings (SSSR count). The molecule has 0 fully saturated rings. The molecule has 0 atom stereocenters. The molecule has 0 aliphatic carbocycles. The van der Waals surface area contributed by atoms with Gasteiger partial charge in [0.2, 0.25) is 5.91 Å². The monoisotopic (exact) mass is 203 g/mol. The lowest BCUT2D eigenvalue weighted by atomic mass is 10.1. The molecule has 0 aliphatic heterocycles. The van der Waals surface area contributed by atoms with E-state index in [4.69, 9.17) is 0 Å². The fourth-order valence-electron chi connectivity index (χ4n) is 1.55. The van der Waals surface area contributed by atoms with Gasteiger partial charge in [-0.2, -0.15) is 0 Å². The van der Waals surface area contributed by atoms with Gasteiger partial charge in [-0.1, -0.05) is 23.8 Å². The Hall–Kier alpha value is -1.57. The van der Waals surface area contributed by atoms with E-state index in [1.807, 2.05) is 32.9 Å². The Bertz CT molecular complexity index is 394. The Morgan fingerprint density at radius 3 is 2.53 bits per heavy atom. The first-order chi connectivity index (χ1) is 7.06. The SMILES string of the molecule is CC=CC(=O)N(C)c1ccc(C)cc1C. The average molecular weight is 203 g/mol. The highest BCUT2D eigenvalue weighted by atomic mass is 16.2. The Morgan fingerprint density at radius 1 is 1.33 bits per heavy atom. The van der Waals surface area contributed by atoms with Crippen LogP contribution in [0.5, 0.6) is 0 Å². The van der Waals surface area contributed by atoms with E-state index in [0.717, 1.165) is 11.3 Å². The largest absolute Gasteiger partial charge is 0.312 e. The second-order valence-corrected chi connectivity index (χ2v) is 3.69. The van der Waals surface area contributed by atoms with Crippen molar-refractivity contribution in [1.82, 2.24) is 0 Å². The molecule has 0 radical (unpaired) electrons. The van der Waals surface area contributed by atoms with Crippen LogP contribution in [-0.2, 0) is 4.79 Å². The molecule has 0 saturated heterocycles. The Balaban J connectivity index is 3.01. The summed E-state index contributed by atoms with van der Waals surface area (Å²) in [5.41, 5.74) is 3.29. The summed E-state index contributed by atoms with van der Waals surface area (Å²) in [4.78, 5) is 13.3. The third kappa shape index (κ3) is 2.69. The van der Waals surface area contributed by atoms with Gasteiger partial charge >= 0.3 is 0 Å². The summed E-state index contributed by atoms with van der Waals surface area (Å²) in [5, 5.41) is 0. The Kier molecular flexibility index (Phi) is 3.67. The number of carbonyl (C=O) groups excluding carboxylic acids is 1. The van der Waals surface area contributed by atoms with Crippen LogP contribution in [0.1, 0.15) is 18.1 Å². The molecule has 1 aromatic carbocycles. The lowest BCUT2D eigenvalue weighted by molar-refractivity contribution is -0.113. The van der Waals surface area contributed by atoms with Crippen LogP contribution >= 0.6 is 0 Å². The molecular formula is C13H17NO. The lowest BCUT2D eigenvalue weighted by Crippen LogP contribution is -2.24. The number of nitrogens with zero attached hydrogens (tertiary/aromatic N) is 1. The average Bonchev–Trinajstić information content (AvgIpc) is 2.17. The molecular weight excluding hydrogens is 186 g/mol. The number of likely N-dealkylation sites (N-methyl/N-ethyl adjacent to an activating group) is 1. The van der Waals surface area contributed by atoms with Crippen molar-refractivity contribution in [3.05, 3.63) is 41.5 Å². The number of allylic oxidation sites excluding steroid dienone is 1. The van der Waals surface area contributed by atoms with E-state index in [-0.39, 0.29) is 5.91 Å². The number of aryl methyl sites for hydroxylation is 2. The third-order valence-corrected chi connectivity index (χ3v) is 2.35. The molecule has 0 heterocycles. The lowest BCUT2D eigenvalue weighted by Gasteiger charge is -2.18. The number of benzene rings is 1. The minimum atomic E-state index is 0.00412. The van der Waals surface area contributed by atoms with Crippen molar-refractivity contribution in [3.8, 4) is 0 Å². The standard InChI is InChI=1S/C13H17NO/c1-5-6-13(15)14(4)12-8-7-10(2)9-11(12)3/h5-9H,1-4H3. The molecule has 0 N–H and O–H groups in total.